The van der Waals surface area contributed by atoms with E-state index in [-0.39, 0.29) is 14.9 Å². The molecular weight excluding hydrogens is 449 g/mol. The van der Waals surface area contributed by atoms with Gasteiger partial charge in [-0.1, -0.05) is 39.1 Å². The van der Waals surface area contributed by atoms with E-state index in [1.54, 1.807) is 23.9 Å². The summed E-state index contributed by atoms with van der Waals surface area (Å²) in [6.45, 7) is 4.07. The lowest BCUT2D eigenvalue weighted by molar-refractivity contribution is 0.588. The highest BCUT2D eigenvalue weighted by atomic mass is 79.9. The molecule has 5 nitrogen and oxygen atoms in total. The molecule has 0 amide bonds. The SMILES string of the molecule is Cc1nn(C)c(C)c1N(CC1CC1)S(=O)(=O)c1c(Cl)cc(Br)cc1Cl. The summed E-state index contributed by atoms with van der Waals surface area (Å²) >= 11 is 15.8. The van der Waals surface area contributed by atoms with Gasteiger partial charge in [-0.3, -0.25) is 8.99 Å². The summed E-state index contributed by atoms with van der Waals surface area (Å²) in [5.74, 6) is 0.349. The third-order valence-electron chi connectivity index (χ3n) is 4.35. The van der Waals surface area contributed by atoms with Crippen LogP contribution in [0.5, 0.6) is 0 Å². The number of sulfonamides is 1. The first-order valence-corrected chi connectivity index (χ1v) is 10.8. The molecule has 1 fully saturated rings. The molecule has 3 rings (SSSR count). The summed E-state index contributed by atoms with van der Waals surface area (Å²) in [4.78, 5) is -0.0673. The van der Waals surface area contributed by atoms with Crippen LogP contribution in [-0.4, -0.2) is 24.7 Å². The number of aryl methyl sites for hydroxylation is 2. The maximum absolute atomic E-state index is 13.5. The Bertz CT molecular complexity index is 916. The summed E-state index contributed by atoms with van der Waals surface area (Å²) in [7, 11) is -2.12. The standard InChI is InChI=1S/C16H18BrCl2N3O2S/c1-9-15(10(2)21(3)20-9)22(8-11-4-5-11)25(23,24)16-13(18)6-12(17)7-14(16)19/h6-7,11H,4-5,8H2,1-3H3. The smallest absolute Gasteiger partial charge is 0.267 e. The Morgan fingerprint density at radius 3 is 2.28 bits per heavy atom. The third kappa shape index (κ3) is 3.56. The molecule has 1 saturated carbocycles. The molecule has 0 radical (unpaired) electrons. The molecule has 0 saturated heterocycles. The van der Waals surface area contributed by atoms with Crippen LogP contribution in [0, 0.1) is 19.8 Å². The van der Waals surface area contributed by atoms with Gasteiger partial charge < -0.3 is 0 Å². The van der Waals surface area contributed by atoms with Crippen LogP contribution < -0.4 is 4.31 Å². The van der Waals surface area contributed by atoms with Gasteiger partial charge in [0.1, 0.15) is 4.90 Å². The van der Waals surface area contributed by atoms with E-state index in [4.69, 9.17) is 23.2 Å². The molecule has 25 heavy (non-hydrogen) atoms. The highest BCUT2D eigenvalue weighted by Gasteiger charge is 2.37. The van der Waals surface area contributed by atoms with Gasteiger partial charge in [0, 0.05) is 18.1 Å². The van der Waals surface area contributed by atoms with Crippen LogP contribution >= 0.6 is 39.1 Å². The van der Waals surface area contributed by atoms with Crippen LogP contribution in [-0.2, 0) is 17.1 Å². The number of benzene rings is 1. The average Bonchev–Trinajstić information content (AvgIpc) is 3.24. The first-order chi connectivity index (χ1) is 11.6. The van der Waals surface area contributed by atoms with Gasteiger partial charge in [-0.2, -0.15) is 5.10 Å². The number of hydrogen-bond acceptors (Lipinski definition) is 3. The Morgan fingerprint density at radius 2 is 1.84 bits per heavy atom. The summed E-state index contributed by atoms with van der Waals surface area (Å²) < 4.78 is 30.7. The fraction of sp³-hybridized carbons (Fsp3) is 0.438. The van der Waals surface area contributed by atoms with E-state index in [0.717, 1.165) is 18.5 Å². The fourth-order valence-electron chi connectivity index (χ4n) is 2.85. The minimum Gasteiger partial charge on any atom is -0.270 e. The minimum atomic E-state index is -3.92. The zero-order chi connectivity index (χ0) is 18.5. The number of halogens is 3. The number of anilines is 1. The van der Waals surface area contributed by atoms with Gasteiger partial charge in [0.05, 0.1) is 27.1 Å². The summed E-state index contributed by atoms with van der Waals surface area (Å²) in [5.41, 5.74) is 2.05. The highest BCUT2D eigenvalue weighted by Crippen LogP contribution is 2.40. The highest BCUT2D eigenvalue weighted by molar-refractivity contribution is 9.10. The van der Waals surface area contributed by atoms with E-state index in [2.05, 4.69) is 21.0 Å². The van der Waals surface area contributed by atoms with Gasteiger partial charge in [-0.25, -0.2) is 8.42 Å². The predicted molar refractivity (Wildman–Crippen MR) is 104 cm³/mol. The van der Waals surface area contributed by atoms with E-state index in [1.165, 1.54) is 4.31 Å². The van der Waals surface area contributed by atoms with Crippen molar-refractivity contribution in [3.05, 3.63) is 38.0 Å². The third-order valence-corrected chi connectivity index (χ3v) is 7.50. The minimum absolute atomic E-state index is 0.0673. The second-order valence-corrected chi connectivity index (χ2v) is 9.85. The van der Waals surface area contributed by atoms with Crippen molar-refractivity contribution in [2.45, 2.75) is 31.6 Å². The molecular formula is C16H18BrCl2N3O2S. The first-order valence-electron chi connectivity index (χ1n) is 7.80. The number of aromatic nitrogens is 2. The topological polar surface area (TPSA) is 55.2 Å². The molecule has 0 N–H and O–H groups in total. The Hall–Kier alpha value is -0.760. The van der Waals surface area contributed by atoms with Crippen molar-refractivity contribution in [3.8, 4) is 0 Å². The Balaban J connectivity index is 2.19. The first kappa shape index (κ1) is 19.0. The van der Waals surface area contributed by atoms with Crippen molar-refractivity contribution >= 4 is 54.8 Å². The van der Waals surface area contributed by atoms with Gasteiger partial charge in [-0.05, 0) is 44.7 Å². The lowest BCUT2D eigenvalue weighted by Gasteiger charge is -2.26. The second-order valence-electron chi connectivity index (χ2n) is 6.32. The van der Waals surface area contributed by atoms with Gasteiger partial charge >= 0.3 is 0 Å². The van der Waals surface area contributed by atoms with Gasteiger partial charge in [0.25, 0.3) is 10.0 Å². The molecule has 1 aromatic heterocycles. The summed E-state index contributed by atoms with van der Waals surface area (Å²) in [6, 6.07) is 3.08. The quantitative estimate of drug-likeness (QED) is 0.640. The molecule has 0 atom stereocenters. The van der Waals surface area contributed by atoms with Crippen molar-refractivity contribution < 1.29 is 8.42 Å². The number of hydrogen-bond donors (Lipinski definition) is 0. The van der Waals surface area contributed by atoms with Crippen LogP contribution in [0.15, 0.2) is 21.5 Å². The van der Waals surface area contributed by atoms with E-state index in [1.807, 2.05) is 13.8 Å². The largest absolute Gasteiger partial charge is 0.270 e. The van der Waals surface area contributed by atoms with Crippen LogP contribution in [0.3, 0.4) is 0 Å². The summed E-state index contributed by atoms with van der Waals surface area (Å²) in [5, 5.41) is 4.56. The molecule has 1 aromatic carbocycles. The predicted octanol–water partition coefficient (Wildman–Crippen LogP) is 4.71. The molecule has 0 spiro atoms. The van der Waals surface area contributed by atoms with E-state index in [0.29, 0.717) is 28.3 Å². The molecule has 0 unspecified atom stereocenters. The van der Waals surface area contributed by atoms with E-state index < -0.39 is 10.0 Å². The molecule has 0 aliphatic heterocycles. The molecule has 1 aliphatic carbocycles. The molecule has 136 valence electrons. The van der Waals surface area contributed by atoms with Crippen molar-refractivity contribution in [1.29, 1.82) is 0 Å². The van der Waals surface area contributed by atoms with Crippen LogP contribution in [0.25, 0.3) is 0 Å². The molecule has 0 bridgehead atoms. The normalized spacial score (nSPS) is 14.8. The molecule has 1 heterocycles. The summed E-state index contributed by atoms with van der Waals surface area (Å²) in [6.07, 6.45) is 2.04. The van der Waals surface area contributed by atoms with Crippen molar-refractivity contribution in [1.82, 2.24) is 9.78 Å². The van der Waals surface area contributed by atoms with Crippen LogP contribution in [0.2, 0.25) is 10.0 Å². The lowest BCUT2D eigenvalue weighted by atomic mass is 10.3. The van der Waals surface area contributed by atoms with Gasteiger partial charge in [-0.15, -0.1) is 0 Å². The Labute approximate surface area is 166 Å². The van der Waals surface area contributed by atoms with Crippen LogP contribution in [0.1, 0.15) is 24.2 Å². The number of nitrogens with zero attached hydrogens (tertiary/aromatic N) is 3. The van der Waals surface area contributed by atoms with Crippen LogP contribution in [0.4, 0.5) is 5.69 Å². The molecule has 1 aliphatic rings. The van der Waals surface area contributed by atoms with Crippen molar-refractivity contribution in [3.63, 3.8) is 0 Å². The zero-order valence-electron chi connectivity index (χ0n) is 14.1. The maximum atomic E-state index is 13.5. The van der Waals surface area contributed by atoms with Gasteiger partial charge in [0.15, 0.2) is 0 Å². The Morgan fingerprint density at radius 1 is 1.28 bits per heavy atom. The second kappa shape index (κ2) is 6.76. The number of rotatable bonds is 5. The molecule has 9 heteroatoms. The molecule has 2 aromatic rings. The lowest BCUT2D eigenvalue weighted by Crippen LogP contribution is -2.34. The Kier molecular flexibility index (Phi) is 5.14. The zero-order valence-corrected chi connectivity index (χ0v) is 18.0. The van der Waals surface area contributed by atoms with E-state index >= 15 is 0 Å². The maximum Gasteiger partial charge on any atom is 0.267 e. The van der Waals surface area contributed by atoms with Gasteiger partial charge in [0.2, 0.25) is 0 Å². The monoisotopic (exact) mass is 465 g/mol. The fourth-order valence-corrected chi connectivity index (χ4v) is 6.39. The van der Waals surface area contributed by atoms with Crippen molar-refractivity contribution in [2.75, 3.05) is 10.8 Å². The average molecular weight is 467 g/mol. The van der Waals surface area contributed by atoms with Crippen molar-refractivity contribution in [2.24, 2.45) is 13.0 Å². The van der Waals surface area contributed by atoms with E-state index in [9.17, 15) is 8.42 Å².